The molecule has 1 saturated heterocycles. The Hall–Kier alpha value is -1.98. The molecule has 3 fully saturated rings. The van der Waals surface area contributed by atoms with Crippen LogP contribution in [0.5, 0.6) is 5.75 Å². The van der Waals surface area contributed by atoms with Crippen LogP contribution in [0, 0.1) is 17.6 Å². The van der Waals surface area contributed by atoms with Crippen molar-refractivity contribution >= 4 is 0 Å². The van der Waals surface area contributed by atoms with E-state index in [1.807, 2.05) is 26.0 Å². The summed E-state index contributed by atoms with van der Waals surface area (Å²) in [4.78, 5) is 0. The van der Waals surface area contributed by atoms with Gasteiger partial charge in [0.1, 0.15) is 17.4 Å². The van der Waals surface area contributed by atoms with Gasteiger partial charge in [0.15, 0.2) is 0 Å². The molecule has 1 heterocycles. The van der Waals surface area contributed by atoms with E-state index < -0.39 is 0 Å². The number of ether oxygens (including phenoxy) is 2. The van der Waals surface area contributed by atoms with Crippen molar-refractivity contribution < 1.29 is 18.3 Å². The van der Waals surface area contributed by atoms with Gasteiger partial charge in [0.25, 0.3) is 0 Å². The van der Waals surface area contributed by atoms with Gasteiger partial charge in [-0.3, -0.25) is 0 Å². The Balaban J connectivity index is 1.43. The molecule has 1 unspecified atom stereocenters. The molecular weight excluding hydrogens is 408 g/mol. The lowest BCUT2D eigenvalue weighted by Crippen LogP contribution is -2.36. The van der Waals surface area contributed by atoms with E-state index in [1.54, 1.807) is 24.3 Å². The molecule has 2 aliphatic carbocycles. The highest BCUT2D eigenvalue weighted by Gasteiger charge is 2.54. The molecule has 172 valence electrons. The van der Waals surface area contributed by atoms with Gasteiger partial charge in [-0.05, 0) is 94.3 Å². The molecule has 32 heavy (non-hydrogen) atoms. The molecule has 3 aliphatic rings. The number of benzene rings is 2. The first kappa shape index (κ1) is 21.8. The highest BCUT2D eigenvalue weighted by Crippen LogP contribution is 2.57. The Morgan fingerprint density at radius 3 is 2.53 bits per heavy atom. The van der Waals surface area contributed by atoms with Crippen molar-refractivity contribution in [2.24, 2.45) is 5.92 Å². The van der Waals surface area contributed by atoms with Crippen molar-refractivity contribution in [3.8, 4) is 5.75 Å². The third-order valence-corrected chi connectivity index (χ3v) is 7.39. The normalized spacial score (nSPS) is 29.8. The minimum absolute atomic E-state index is 0.0202. The zero-order valence-electron chi connectivity index (χ0n) is 19.0. The maximum Gasteiger partial charge on any atom is 0.123 e. The third-order valence-electron chi connectivity index (χ3n) is 7.39. The molecular formula is C27H33F2NO2. The maximum absolute atomic E-state index is 14.2. The van der Waals surface area contributed by atoms with Gasteiger partial charge in [0.05, 0.1) is 18.3 Å². The van der Waals surface area contributed by atoms with Crippen LogP contribution in [-0.4, -0.2) is 30.9 Å². The molecule has 1 aliphatic heterocycles. The predicted molar refractivity (Wildman–Crippen MR) is 121 cm³/mol. The van der Waals surface area contributed by atoms with Gasteiger partial charge in [0, 0.05) is 23.4 Å². The Kier molecular flexibility index (Phi) is 5.98. The summed E-state index contributed by atoms with van der Waals surface area (Å²) in [6.07, 6.45) is 5.41. The van der Waals surface area contributed by atoms with E-state index in [-0.39, 0.29) is 35.2 Å². The molecule has 4 atom stereocenters. The first-order valence-electron chi connectivity index (χ1n) is 12.0. The van der Waals surface area contributed by atoms with Gasteiger partial charge in [-0.15, -0.1) is 0 Å². The number of rotatable bonds is 7. The van der Waals surface area contributed by atoms with E-state index in [4.69, 9.17) is 9.47 Å². The van der Waals surface area contributed by atoms with Gasteiger partial charge < -0.3 is 14.8 Å². The average molecular weight is 442 g/mol. The fourth-order valence-corrected chi connectivity index (χ4v) is 5.84. The second-order valence-corrected chi connectivity index (χ2v) is 10.1. The quantitative estimate of drug-likeness (QED) is 0.577. The van der Waals surface area contributed by atoms with Gasteiger partial charge >= 0.3 is 0 Å². The van der Waals surface area contributed by atoms with Crippen LogP contribution in [-0.2, 0) is 4.74 Å². The van der Waals surface area contributed by atoms with Crippen LogP contribution in [0.2, 0.25) is 0 Å². The lowest BCUT2D eigenvalue weighted by atomic mass is 9.76. The summed E-state index contributed by atoms with van der Waals surface area (Å²) in [5.74, 6) is 1.01. The molecule has 2 aromatic rings. The number of hydrogen-bond donors (Lipinski definition) is 1. The summed E-state index contributed by atoms with van der Waals surface area (Å²) >= 11 is 0. The molecule has 0 aromatic heterocycles. The van der Waals surface area contributed by atoms with E-state index in [1.165, 1.54) is 18.9 Å². The molecule has 0 radical (unpaired) electrons. The summed E-state index contributed by atoms with van der Waals surface area (Å²) in [5, 5.41) is 3.70. The average Bonchev–Trinajstić information content (AvgIpc) is 3.40. The van der Waals surface area contributed by atoms with Crippen LogP contribution in [0.15, 0.2) is 42.5 Å². The van der Waals surface area contributed by atoms with Crippen molar-refractivity contribution in [2.75, 3.05) is 13.2 Å². The van der Waals surface area contributed by atoms with Crippen LogP contribution in [0.4, 0.5) is 8.78 Å². The van der Waals surface area contributed by atoms with Crippen LogP contribution in [0.25, 0.3) is 0 Å². The summed E-state index contributed by atoms with van der Waals surface area (Å²) in [7, 11) is 0. The van der Waals surface area contributed by atoms with E-state index >= 15 is 0 Å². The SMILES string of the molecule is CC(C)Oc1ccc(F)cc1[C@H]1CO[C@]2(CCC(CNC3CC3)[C@H]2c2ccc(F)cc2)C1. The lowest BCUT2D eigenvalue weighted by Gasteiger charge is -2.34. The highest BCUT2D eigenvalue weighted by atomic mass is 19.1. The Labute approximate surface area is 189 Å². The molecule has 0 amide bonds. The second kappa shape index (κ2) is 8.75. The predicted octanol–water partition coefficient (Wildman–Crippen LogP) is 5.94. The van der Waals surface area contributed by atoms with Crippen LogP contribution < -0.4 is 10.1 Å². The molecule has 1 N–H and O–H groups in total. The van der Waals surface area contributed by atoms with Gasteiger partial charge in [0.2, 0.25) is 0 Å². The largest absolute Gasteiger partial charge is 0.491 e. The van der Waals surface area contributed by atoms with E-state index in [9.17, 15) is 8.78 Å². The molecule has 5 rings (SSSR count). The smallest absolute Gasteiger partial charge is 0.123 e. The number of halogens is 2. The van der Waals surface area contributed by atoms with Gasteiger partial charge in [-0.2, -0.15) is 0 Å². The molecule has 0 bridgehead atoms. The fourth-order valence-electron chi connectivity index (χ4n) is 5.84. The van der Waals surface area contributed by atoms with E-state index in [0.29, 0.717) is 18.6 Å². The monoisotopic (exact) mass is 441 g/mol. The summed E-state index contributed by atoms with van der Waals surface area (Å²) in [5.41, 5.74) is 1.73. The molecule has 2 aromatic carbocycles. The van der Waals surface area contributed by atoms with Crippen LogP contribution in [0.1, 0.15) is 68.9 Å². The molecule has 5 heteroatoms. The summed E-state index contributed by atoms with van der Waals surface area (Å²) < 4.78 is 40.5. The molecule has 2 saturated carbocycles. The highest BCUT2D eigenvalue weighted by molar-refractivity contribution is 5.39. The van der Waals surface area contributed by atoms with Crippen LogP contribution in [0.3, 0.4) is 0 Å². The van der Waals surface area contributed by atoms with Crippen molar-refractivity contribution in [3.63, 3.8) is 0 Å². The van der Waals surface area contributed by atoms with E-state index in [0.717, 1.165) is 42.7 Å². The minimum atomic E-state index is -0.306. The zero-order valence-corrected chi connectivity index (χ0v) is 19.0. The van der Waals surface area contributed by atoms with Gasteiger partial charge in [-0.1, -0.05) is 12.1 Å². The van der Waals surface area contributed by atoms with E-state index in [2.05, 4.69) is 5.32 Å². The topological polar surface area (TPSA) is 30.5 Å². The fraction of sp³-hybridized carbons (Fsp3) is 0.556. The molecule has 1 spiro atoms. The maximum atomic E-state index is 14.2. The Morgan fingerprint density at radius 2 is 1.81 bits per heavy atom. The number of hydrogen-bond acceptors (Lipinski definition) is 3. The zero-order chi connectivity index (χ0) is 22.3. The third kappa shape index (κ3) is 4.42. The summed E-state index contributed by atoms with van der Waals surface area (Å²) in [6.45, 7) is 5.49. The Morgan fingerprint density at radius 1 is 1.06 bits per heavy atom. The first-order valence-corrected chi connectivity index (χ1v) is 12.0. The Bertz CT molecular complexity index is 943. The van der Waals surface area contributed by atoms with Crippen molar-refractivity contribution in [1.82, 2.24) is 5.32 Å². The molecule has 3 nitrogen and oxygen atoms in total. The minimum Gasteiger partial charge on any atom is -0.491 e. The van der Waals surface area contributed by atoms with Gasteiger partial charge in [-0.25, -0.2) is 8.78 Å². The van der Waals surface area contributed by atoms with Crippen molar-refractivity contribution in [2.45, 2.75) is 75.5 Å². The number of nitrogens with one attached hydrogen (secondary N) is 1. The van der Waals surface area contributed by atoms with Crippen molar-refractivity contribution in [3.05, 3.63) is 65.2 Å². The summed E-state index contributed by atoms with van der Waals surface area (Å²) in [6, 6.07) is 12.4. The second-order valence-electron chi connectivity index (χ2n) is 10.1. The van der Waals surface area contributed by atoms with Crippen LogP contribution >= 0.6 is 0 Å². The first-order chi connectivity index (χ1) is 15.4. The lowest BCUT2D eigenvalue weighted by molar-refractivity contribution is -0.00920. The standard InChI is InChI=1S/C27H33F2NO2/c1-17(2)32-25-10-7-22(29)13-24(25)20-14-27(31-16-20)12-11-19(15-30-23-8-9-23)26(27)18-3-5-21(28)6-4-18/h3-7,10,13,17,19-20,23,26,30H,8-9,11-12,14-16H2,1-2H3/t19?,20-,26-,27-/m1/s1. The van der Waals surface area contributed by atoms with Crippen molar-refractivity contribution in [1.29, 1.82) is 0 Å².